The van der Waals surface area contributed by atoms with Crippen LogP contribution in [0, 0.1) is 11.3 Å². The molecule has 1 aliphatic rings. The van der Waals surface area contributed by atoms with Crippen LogP contribution in [-0.4, -0.2) is 23.5 Å². The maximum atomic E-state index is 9.79. The molecular formula is C10H18N2O. The van der Waals surface area contributed by atoms with Gasteiger partial charge in [-0.3, -0.25) is 0 Å². The van der Waals surface area contributed by atoms with Crippen molar-refractivity contribution < 1.29 is 5.11 Å². The molecule has 1 atom stereocenters. The molecule has 0 aromatic heterocycles. The van der Waals surface area contributed by atoms with Crippen molar-refractivity contribution in [2.45, 2.75) is 38.8 Å². The van der Waals surface area contributed by atoms with E-state index in [1.165, 1.54) is 6.21 Å². The standard InChI is InChI=1S/C10H18N2O/c1-7(2)12-9(5-6-11)10(13)8-3-4-8/h5-8,10-13H,3-4H2,1-2H3/b9-5-,11-6?. The van der Waals surface area contributed by atoms with E-state index in [9.17, 15) is 5.11 Å². The summed E-state index contributed by atoms with van der Waals surface area (Å²) >= 11 is 0. The first-order chi connectivity index (χ1) is 6.15. The van der Waals surface area contributed by atoms with Crippen molar-refractivity contribution in [1.29, 1.82) is 5.41 Å². The Hall–Kier alpha value is -0.830. The van der Waals surface area contributed by atoms with Crippen LogP contribution in [0.25, 0.3) is 0 Å². The maximum absolute atomic E-state index is 9.79. The van der Waals surface area contributed by atoms with Gasteiger partial charge in [0.2, 0.25) is 0 Å². The van der Waals surface area contributed by atoms with E-state index in [-0.39, 0.29) is 0 Å². The summed E-state index contributed by atoms with van der Waals surface area (Å²) in [5, 5.41) is 19.9. The summed E-state index contributed by atoms with van der Waals surface area (Å²) in [6, 6.07) is 0.305. The van der Waals surface area contributed by atoms with Gasteiger partial charge in [-0.25, -0.2) is 0 Å². The Morgan fingerprint density at radius 1 is 1.54 bits per heavy atom. The van der Waals surface area contributed by atoms with Gasteiger partial charge in [0.05, 0.1) is 6.10 Å². The Balaban J connectivity index is 2.54. The van der Waals surface area contributed by atoms with Crippen LogP contribution < -0.4 is 5.32 Å². The molecule has 3 nitrogen and oxygen atoms in total. The average molecular weight is 182 g/mol. The molecule has 0 aliphatic heterocycles. The Morgan fingerprint density at radius 3 is 2.54 bits per heavy atom. The lowest BCUT2D eigenvalue weighted by Crippen LogP contribution is -2.30. The van der Waals surface area contributed by atoms with Gasteiger partial charge in [-0.15, -0.1) is 0 Å². The summed E-state index contributed by atoms with van der Waals surface area (Å²) in [6.07, 6.45) is 4.68. The fourth-order valence-electron chi connectivity index (χ4n) is 1.32. The van der Waals surface area contributed by atoms with Crippen molar-refractivity contribution in [3.8, 4) is 0 Å². The van der Waals surface area contributed by atoms with Gasteiger partial charge in [0.1, 0.15) is 0 Å². The van der Waals surface area contributed by atoms with Gasteiger partial charge in [-0.2, -0.15) is 0 Å². The van der Waals surface area contributed by atoms with E-state index in [1.807, 2.05) is 13.8 Å². The van der Waals surface area contributed by atoms with Crippen molar-refractivity contribution in [3.05, 3.63) is 11.8 Å². The van der Waals surface area contributed by atoms with Crippen molar-refractivity contribution in [2.75, 3.05) is 0 Å². The molecule has 1 fully saturated rings. The molecule has 1 aliphatic carbocycles. The third-order valence-corrected chi connectivity index (χ3v) is 2.11. The molecule has 1 unspecified atom stereocenters. The third-order valence-electron chi connectivity index (χ3n) is 2.11. The maximum Gasteiger partial charge on any atom is 0.0963 e. The van der Waals surface area contributed by atoms with Crippen LogP contribution in [0.4, 0.5) is 0 Å². The lowest BCUT2D eigenvalue weighted by molar-refractivity contribution is 0.177. The second kappa shape index (κ2) is 4.42. The van der Waals surface area contributed by atoms with Crippen LogP contribution in [0.3, 0.4) is 0 Å². The van der Waals surface area contributed by atoms with Crippen molar-refractivity contribution in [2.24, 2.45) is 5.92 Å². The van der Waals surface area contributed by atoms with Crippen molar-refractivity contribution >= 4 is 6.21 Å². The monoisotopic (exact) mass is 182 g/mol. The van der Waals surface area contributed by atoms with Gasteiger partial charge in [-0.05, 0) is 38.7 Å². The minimum Gasteiger partial charge on any atom is -0.387 e. The minimum absolute atomic E-state index is 0.305. The summed E-state index contributed by atoms with van der Waals surface area (Å²) in [5.41, 5.74) is 0.785. The largest absolute Gasteiger partial charge is 0.387 e. The van der Waals surface area contributed by atoms with Crippen LogP contribution in [0.15, 0.2) is 11.8 Å². The highest BCUT2D eigenvalue weighted by Crippen LogP contribution is 2.34. The Bertz CT molecular complexity index is 207. The molecule has 0 aromatic rings. The molecule has 0 bridgehead atoms. The summed E-state index contributed by atoms with van der Waals surface area (Å²) in [4.78, 5) is 0. The second-order valence-corrected chi connectivity index (χ2v) is 3.87. The van der Waals surface area contributed by atoms with Crippen LogP contribution >= 0.6 is 0 Å². The summed E-state index contributed by atoms with van der Waals surface area (Å²) < 4.78 is 0. The van der Waals surface area contributed by atoms with E-state index < -0.39 is 6.10 Å². The third kappa shape index (κ3) is 3.19. The van der Waals surface area contributed by atoms with Gasteiger partial charge < -0.3 is 15.8 Å². The highest BCUT2D eigenvalue weighted by molar-refractivity contribution is 5.69. The molecule has 74 valence electrons. The Kier molecular flexibility index (Phi) is 3.48. The number of hydrogen-bond acceptors (Lipinski definition) is 3. The second-order valence-electron chi connectivity index (χ2n) is 3.87. The first-order valence-corrected chi connectivity index (χ1v) is 4.80. The van der Waals surface area contributed by atoms with E-state index >= 15 is 0 Å². The van der Waals surface area contributed by atoms with Crippen molar-refractivity contribution in [3.63, 3.8) is 0 Å². The first-order valence-electron chi connectivity index (χ1n) is 4.80. The van der Waals surface area contributed by atoms with Gasteiger partial charge in [0.25, 0.3) is 0 Å². The van der Waals surface area contributed by atoms with E-state index in [1.54, 1.807) is 6.08 Å². The number of allylic oxidation sites excluding steroid dienone is 1. The fraction of sp³-hybridized carbons (Fsp3) is 0.700. The fourth-order valence-corrected chi connectivity index (χ4v) is 1.32. The van der Waals surface area contributed by atoms with E-state index in [4.69, 9.17) is 5.41 Å². The zero-order valence-corrected chi connectivity index (χ0v) is 8.25. The van der Waals surface area contributed by atoms with Gasteiger partial charge in [0.15, 0.2) is 0 Å². The molecule has 0 saturated heterocycles. The van der Waals surface area contributed by atoms with Crippen LogP contribution in [0.5, 0.6) is 0 Å². The van der Waals surface area contributed by atoms with Gasteiger partial charge in [0, 0.05) is 18.0 Å². The zero-order chi connectivity index (χ0) is 9.84. The highest BCUT2D eigenvalue weighted by Gasteiger charge is 2.32. The Morgan fingerprint density at radius 2 is 2.15 bits per heavy atom. The summed E-state index contributed by atoms with van der Waals surface area (Å²) in [6.45, 7) is 4.05. The van der Waals surface area contributed by atoms with Gasteiger partial charge in [-0.1, -0.05) is 0 Å². The number of aliphatic hydroxyl groups is 1. The molecule has 13 heavy (non-hydrogen) atoms. The number of nitrogens with one attached hydrogen (secondary N) is 2. The predicted octanol–water partition coefficient (Wildman–Crippen LogP) is 1.29. The number of rotatable bonds is 5. The zero-order valence-electron chi connectivity index (χ0n) is 8.25. The smallest absolute Gasteiger partial charge is 0.0963 e. The normalized spacial score (nSPS) is 20.2. The average Bonchev–Trinajstić information content (AvgIpc) is 2.84. The van der Waals surface area contributed by atoms with Crippen molar-refractivity contribution in [1.82, 2.24) is 5.32 Å². The van der Waals surface area contributed by atoms with E-state index in [0.717, 1.165) is 18.5 Å². The van der Waals surface area contributed by atoms with E-state index in [2.05, 4.69) is 5.32 Å². The predicted molar refractivity (Wildman–Crippen MR) is 53.9 cm³/mol. The quantitative estimate of drug-likeness (QED) is 0.561. The lowest BCUT2D eigenvalue weighted by Gasteiger charge is -2.18. The molecule has 1 rings (SSSR count). The summed E-state index contributed by atoms with van der Waals surface area (Å²) in [7, 11) is 0. The Labute approximate surface area is 79.4 Å². The highest BCUT2D eigenvalue weighted by atomic mass is 16.3. The van der Waals surface area contributed by atoms with Crippen LogP contribution in [-0.2, 0) is 0 Å². The lowest BCUT2D eigenvalue weighted by atomic mass is 10.1. The first kappa shape index (κ1) is 10.3. The van der Waals surface area contributed by atoms with Crippen LogP contribution in [0.1, 0.15) is 26.7 Å². The molecule has 0 spiro atoms. The summed E-state index contributed by atoms with van der Waals surface area (Å²) in [5.74, 6) is 0.414. The molecule has 3 N–H and O–H groups in total. The molecule has 0 amide bonds. The van der Waals surface area contributed by atoms with Gasteiger partial charge >= 0.3 is 0 Å². The topological polar surface area (TPSA) is 56.1 Å². The number of hydrogen-bond donors (Lipinski definition) is 3. The SMILES string of the molecule is CC(C)N/C(=C\C=N)C(O)C1CC1. The molecule has 1 saturated carbocycles. The van der Waals surface area contributed by atoms with E-state index in [0.29, 0.717) is 12.0 Å². The molecule has 0 heterocycles. The number of aliphatic hydroxyl groups excluding tert-OH is 1. The van der Waals surface area contributed by atoms with Crippen LogP contribution in [0.2, 0.25) is 0 Å². The molecule has 3 heteroatoms. The molecule has 0 aromatic carbocycles. The molecular weight excluding hydrogens is 164 g/mol. The molecule has 0 radical (unpaired) electrons. The minimum atomic E-state index is -0.399.